The molecular weight excluding hydrogens is 553 g/mol. The number of primary amides is 1. The van der Waals surface area contributed by atoms with Crippen LogP contribution in [0.25, 0.3) is 0 Å². The quantitative estimate of drug-likeness (QED) is 0.337. The molecule has 1 fully saturated rings. The van der Waals surface area contributed by atoms with Crippen LogP contribution in [0.5, 0.6) is 5.75 Å². The van der Waals surface area contributed by atoms with Crippen LogP contribution < -0.4 is 15.8 Å². The number of carbonyl (C=O) groups excluding carboxylic acids is 1. The number of sulfone groups is 1. The summed E-state index contributed by atoms with van der Waals surface area (Å²) in [6.45, 7) is -0.745. The van der Waals surface area contributed by atoms with E-state index in [1.807, 2.05) is 0 Å². The third-order valence-corrected chi connectivity index (χ3v) is 8.94. The number of ether oxygens (including phenoxy) is 1. The van der Waals surface area contributed by atoms with Crippen molar-refractivity contribution in [3.8, 4) is 5.75 Å². The monoisotopic (exact) mass is 580 g/mol. The first-order valence-electron chi connectivity index (χ1n) is 12.3. The second-order valence-corrected chi connectivity index (χ2v) is 11.6. The van der Waals surface area contributed by atoms with E-state index < -0.39 is 54.8 Å². The van der Waals surface area contributed by atoms with Gasteiger partial charge in [-0.3, -0.25) is 19.8 Å². The van der Waals surface area contributed by atoms with Crippen LogP contribution in [-0.4, -0.2) is 60.9 Å². The fourth-order valence-corrected chi connectivity index (χ4v) is 6.70. The number of nitro benzene ring substituents is 1. The average molecular weight is 581 g/mol. The molecule has 1 aliphatic heterocycles. The van der Waals surface area contributed by atoms with Gasteiger partial charge in [-0.1, -0.05) is 36.4 Å². The molecular formula is C26H27F3N4O6S. The highest BCUT2D eigenvalue weighted by Gasteiger charge is 2.54. The summed E-state index contributed by atoms with van der Waals surface area (Å²) < 4.78 is 72.2. The zero-order chi connectivity index (χ0) is 29.1. The van der Waals surface area contributed by atoms with Gasteiger partial charge in [0.15, 0.2) is 0 Å². The first kappa shape index (κ1) is 29.1. The van der Waals surface area contributed by atoms with E-state index in [4.69, 9.17) is 10.5 Å². The predicted octanol–water partition coefficient (Wildman–Crippen LogP) is 3.81. The zero-order valence-corrected chi connectivity index (χ0v) is 21.9. The van der Waals surface area contributed by atoms with E-state index in [-0.39, 0.29) is 30.6 Å². The minimum atomic E-state index is -4.65. The zero-order valence-electron chi connectivity index (χ0n) is 21.1. The highest BCUT2D eigenvalue weighted by molar-refractivity contribution is 7.93. The summed E-state index contributed by atoms with van der Waals surface area (Å²) in [6, 6.07) is 10.8. The summed E-state index contributed by atoms with van der Waals surface area (Å²) >= 11 is 0. The summed E-state index contributed by atoms with van der Waals surface area (Å²) in [7, 11) is -4.65. The number of benzene rings is 2. The number of para-hydroxylation sites is 1. The maximum Gasteiger partial charge on any atom is 0.401 e. The summed E-state index contributed by atoms with van der Waals surface area (Å²) in [5.41, 5.74) is 5.03. The molecule has 2 atom stereocenters. The maximum absolute atomic E-state index is 14.1. The molecule has 1 amide bonds. The molecule has 40 heavy (non-hydrogen) atoms. The summed E-state index contributed by atoms with van der Waals surface area (Å²) in [6.07, 6.45) is 1.59. The van der Waals surface area contributed by atoms with Crippen LogP contribution in [0.15, 0.2) is 77.7 Å². The third-order valence-electron chi connectivity index (χ3n) is 6.75. The second-order valence-electron chi connectivity index (χ2n) is 9.51. The van der Waals surface area contributed by atoms with Crippen molar-refractivity contribution >= 4 is 27.1 Å². The SMILES string of the molecule is NC(=O)C1C=CC=CC1(Oc1ccccc1)S(=O)(=O)c1ccc(NC2CCN(CC(F)(F)F)CC2)c([N+](=O)[O-])c1. The number of carbonyl (C=O) groups is 1. The van der Waals surface area contributed by atoms with Crippen molar-refractivity contribution < 1.29 is 36.0 Å². The van der Waals surface area contributed by atoms with Gasteiger partial charge in [0.2, 0.25) is 20.7 Å². The summed E-state index contributed by atoms with van der Waals surface area (Å²) in [5.74, 6) is -2.31. The highest BCUT2D eigenvalue weighted by Crippen LogP contribution is 2.41. The lowest BCUT2D eigenvalue weighted by Crippen LogP contribution is -2.53. The van der Waals surface area contributed by atoms with Gasteiger partial charge in [-0.25, -0.2) is 8.42 Å². The number of amides is 1. The van der Waals surface area contributed by atoms with E-state index >= 15 is 0 Å². The summed E-state index contributed by atoms with van der Waals surface area (Å²) in [4.78, 5) is 22.1. The van der Waals surface area contributed by atoms with Crippen molar-refractivity contribution in [2.75, 3.05) is 25.0 Å². The van der Waals surface area contributed by atoms with E-state index in [1.54, 1.807) is 18.2 Å². The number of piperidine rings is 1. The number of rotatable bonds is 9. The van der Waals surface area contributed by atoms with Gasteiger partial charge in [0.1, 0.15) is 17.4 Å². The molecule has 2 unspecified atom stereocenters. The highest BCUT2D eigenvalue weighted by atomic mass is 32.2. The Balaban J connectivity index is 1.66. The van der Waals surface area contributed by atoms with E-state index in [2.05, 4.69) is 5.32 Å². The summed E-state index contributed by atoms with van der Waals surface area (Å²) in [5, 5.41) is 15.0. The van der Waals surface area contributed by atoms with E-state index in [0.717, 1.165) is 12.1 Å². The smallest absolute Gasteiger partial charge is 0.401 e. The molecule has 2 aliphatic rings. The van der Waals surface area contributed by atoms with Gasteiger partial charge in [0.05, 0.1) is 16.4 Å². The number of alkyl halides is 3. The van der Waals surface area contributed by atoms with E-state index in [9.17, 15) is 36.5 Å². The number of halogens is 3. The molecule has 1 heterocycles. The third kappa shape index (κ3) is 6.12. The fraction of sp³-hybridized carbons (Fsp3) is 0.346. The Morgan fingerprint density at radius 1 is 1.15 bits per heavy atom. The minimum Gasteiger partial charge on any atom is -0.466 e. The largest absolute Gasteiger partial charge is 0.466 e. The Hall–Kier alpha value is -3.91. The topological polar surface area (TPSA) is 145 Å². The Labute approximate surface area is 228 Å². The lowest BCUT2D eigenvalue weighted by Gasteiger charge is -2.36. The van der Waals surface area contributed by atoms with Gasteiger partial charge in [-0.15, -0.1) is 0 Å². The van der Waals surface area contributed by atoms with Crippen LogP contribution in [0.4, 0.5) is 24.5 Å². The predicted molar refractivity (Wildman–Crippen MR) is 140 cm³/mol. The fourth-order valence-electron chi connectivity index (χ4n) is 4.82. The van der Waals surface area contributed by atoms with Crippen LogP contribution in [-0.2, 0) is 14.6 Å². The molecule has 10 nitrogen and oxygen atoms in total. The van der Waals surface area contributed by atoms with Gasteiger partial charge in [-0.05, 0) is 43.2 Å². The number of anilines is 1. The van der Waals surface area contributed by atoms with Crippen LogP contribution in [0, 0.1) is 16.0 Å². The Morgan fingerprint density at radius 3 is 2.42 bits per heavy atom. The number of hydrogen-bond acceptors (Lipinski definition) is 8. The molecule has 0 radical (unpaired) electrons. The normalized spacial score (nSPS) is 22.1. The van der Waals surface area contributed by atoms with Crippen molar-refractivity contribution in [3.05, 3.63) is 82.9 Å². The molecule has 3 N–H and O–H groups in total. The van der Waals surface area contributed by atoms with Gasteiger partial charge < -0.3 is 15.8 Å². The van der Waals surface area contributed by atoms with Crippen molar-refractivity contribution in [2.45, 2.75) is 34.9 Å². The lowest BCUT2D eigenvalue weighted by atomic mass is 9.96. The molecule has 0 saturated carbocycles. The first-order chi connectivity index (χ1) is 18.8. The number of nitro groups is 1. The van der Waals surface area contributed by atoms with Gasteiger partial charge in [0, 0.05) is 25.2 Å². The van der Waals surface area contributed by atoms with Crippen LogP contribution in [0.1, 0.15) is 12.8 Å². The second kappa shape index (κ2) is 11.3. The Kier molecular flexibility index (Phi) is 8.21. The molecule has 0 aromatic heterocycles. The number of nitrogens with zero attached hydrogens (tertiary/aromatic N) is 2. The Bertz CT molecular complexity index is 1420. The van der Waals surface area contributed by atoms with Crippen molar-refractivity contribution in [1.29, 1.82) is 0 Å². The van der Waals surface area contributed by atoms with Crippen LogP contribution in [0.2, 0.25) is 0 Å². The molecule has 1 aliphatic carbocycles. The average Bonchev–Trinajstić information content (AvgIpc) is 2.89. The van der Waals surface area contributed by atoms with Gasteiger partial charge in [0.25, 0.3) is 5.69 Å². The molecule has 14 heteroatoms. The number of hydrogen-bond donors (Lipinski definition) is 2. The minimum absolute atomic E-state index is 0.0155. The lowest BCUT2D eigenvalue weighted by molar-refractivity contribution is -0.384. The maximum atomic E-state index is 14.1. The molecule has 2 aromatic carbocycles. The van der Waals surface area contributed by atoms with Crippen molar-refractivity contribution in [1.82, 2.24) is 4.90 Å². The van der Waals surface area contributed by atoms with Gasteiger partial charge >= 0.3 is 6.18 Å². The van der Waals surface area contributed by atoms with E-state index in [0.29, 0.717) is 12.8 Å². The molecule has 214 valence electrons. The Morgan fingerprint density at radius 2 is 1.82 bits per heavy atom. The molecule has 4 rings (SSSR count). The van der Waals surface area contributed by atoms with Crippen LogP contribution in [0.3, 0.4) is 0 Å². The van der Waals surface area contributed by atoms with Crippen LogP contribution >= 0.6 is 0 Å². The molecule has 2 aromatic rings. The first-order valence-corrected chi connectivity index (χ1v) is 13.8. The molecule has 1 saturated heterocycles. The van der Waals surface area contributed by atoms with E-state index in [1.165, 1.54) is 47.4 Å². The van der Waals surface area contributed by atoms with Crippen molar-refractivity contribution in [2.24, 2.45) is 11.7 Å². The molecule has 0 spiro atoms. The number of allylic oxidation sites excluding steroid dienone is 2. The number of nitrogens with two attached hydrogens (primary N) is 1. The van der Waals surface area contributed by atoms with Gasteiger partial charge in [-0.2, -0.15) is 13.2 Å². The molecule has 0 bridgehead atoms. The number of nitrogens with one attached hydrogen (secondary N) is 1. The standard InChI is InChI=1S/C26H27F3N4O6S/c27-26(28,29)17-32-14-11-18(12-15-32)31-22-10-9-20(16-23(22)33(35)36)40(37,38)25(39-19-6-2-1-3-7-19)13-5-4-8-21(25)24(30)34/h1-10,13,16,18,21,31H,11-12,14-15,17H2,(H2,30,34). The van der Waals surface area contributed by atoms with Crippen molar-refractivity contribution in [3.63, 3.8) is 0 Å². The number of likely N-dealkylation sites (tertiary alicyclic amines) is 1.